The summed E-state index contributed by atoms with van der Waals surface area (Å²) in [6.07, 6.45) is 0.666. The molecule has 0 aromatic heterocycles. The maximum absolute atomic E-state index is 12.3. The van der Waals surface area contributed by atoms with Crippen LogP contribution < -0.4 is 14.2 Å². The highest BCUT2D eigenvalue weighted by Crippen LogP contribution is 2.33. The minimum atomic E-state index is -3.55. The fourth-order valence-electron chi connectivity index (χ4n) is 2.66. The minimum Gasteiger partial charge on any atom is -0.486 e. The molecule has 1 unspecified atom stereocenters. The van der Waals surface area contributed by atoms with Crippen molar-refractivity contribution in [2.75, 3.05) is 19.8 Å². The predicted molar refractivity (Wildman–Crippen MR) is 97.1 cm³/mol. The molecular weight excluding hydrogens is 362 g/mol. The predicted octanol–water partition coefficient (Wildman–Crippen LogP) is 3.58. The zero-order valence-electron chi connectivity index (χ0n) is 13.9. The van der Waals surface area contributed by atoms with Gasteiger partial charge in [-0.3, -0.25) is 0 Å². The molecule has 2 aromatic rings. The minimum absolute atomic E-state index is 0.173. The first-order valence-corrected chi connectivity index (χ1v) is 9.96. The molecule has 0 bridgehead atoms. The van der Waals surface area contributed by atoms with Crippen molar-refractivity contribution in [3.05, 3.63) is 53.1 Å². The first-order valence-electron chi connectivity index (χ1n) is 8.10. The monoisotopic (exact) mass is 381 g/mol. The smallest absolute Gasteiger partial charge is 0.240 e. The molecule has 0 radical (unpaired) electrons. The van der Waals surface area contributed by atoms with Gasteiger partial charge in [0.15, 0.2) is 11.5 Å². The lowest BCUT2D eigenvalue weighted by Crippen LogP contribution is -2.25. The van der Waals surface area contributed by atoms with Crippen molar-refractivity contribution < 1.29 is 17.9 Å². The van der Waals surface area contributed by atoms with Crippen LogP contribution in [0.2, 0.25) is 5.02 Å². The number of sulfonamides is 1. The Hall–Kier alpha value is -1.76. The molecule has 1 heterocycles. The Morgan fingerprint density at radius 2 is 1.88 bits per heavy atom. The van der Waals surface area contributed by atoms with Crippen LogP contribution in [-0.2, 0) is 10.0 Å². The van der Waals surface area contributed by atoms with Crippen LogP contribution in [0.25, 0.3) is 0 Å². The highest BCUT2D eigenvalue weighted by atomic mass is 35.5. The standard InChI is InChI=1S/C18H20ClNO4S/c1-13(14-5-6-17-18(11-14)24-10-9-23-17)7-8-20-25(21,22)16-4-2-3-15(19)12-16/h2-6,11-13,20H,7-10H2,1H3. The van der Waals surface area contributed by atoms with E-state index in [4.69, 9.17) is 21.1 Å². The third-order valence-corrected chi connectivity index (χ3v) is 5.80. The molecule has 5 nitrogen and oxygen atoms in total. The van der Waals surface area contributed by atoms with Crippen LogP contribution in [-0.4, -0.2) is 28.2 Å². The summed E-state index contributed by atoms with van der Waals surface area (Å²) in [5.74, 6) is 1.68. The molecule has 7 heteroatoms. The maximum Gasteiger partial charge on any atom is 0.240 e. The number of nitrogens with one attached hydrogen (secondary N) is 1. The molecule has 2 aromatic carbocycles. The summed E-state index contributed by atoms with van der Waals surface area (Å²) in [6, 6.07) is 12.1. The second-order valence-corrected chi connectivity index (χ2v) is 8.15. The van der Waals surface area contributed by atoms with Crippen LogP contribution in [0.4, 0.5) is 0 Å². The molecule has 0 spiro atoms. The summed E-state index contributed by atoms with van der Waals surface area (Å²) >= 11 is 5.86. The molecule has 0 saturated carbocycles. The van der Waals surface area contributed by atoms with Crippen molar-refractivity contribution in [1.82, 2.24) is 4.72 Å². The summed E-state index contributed by atoms with van der Waals surface area (Å²) in [6.45, 7) is 3.50. The summed E-state index contributed by atoms with van der Waals surface area (Å²) in [5, 5.41) is 0.396. The van der Waals surface area contributed by atoms with Crippen LogP contribution in [0.15, 0.2) is 47.4 Å². The van der Waals surface area contributed by atoms with Gasteiger partial charge in [0, 0.05) is 11.6 Å². The van der Waals surface area contributed by atoms with Gasteiger partial charge in [0.25, 0.3) is 0 Å². The number of benzene rings is 2. The summed E-state index contributed by atoms with van der Waals surface area (Å²) in [7, 11) is -3.55. The molecule has 0 amide bonds. The summed E-state index contributed by atoms with van der Waals surface area (Å²) < 4.78 is 38.3. The molecule has 3 rings (SSSR count). The van der Waals surface area contributed by atoms with E-state index in [9.17, 15) is 8.42 Å². The van der Waals surface area contributed by atoms with Gasteiger partial charge in [0.1, 0.15) is 13.2 Å². The highest BCUT2D eigenvalue weighted by Gasteiger charge is 2.17. The lowest BCUT2D eigenvalue weighted by Gasteiger charge is -2.20. The van der Waals surface area contributed by atoms with Gasteiger partial charge >= 0.3 is 0 Å². The van der Waals surface area contributed by atoms with Gasteiger partial charge in [-0.25, -0.2) is 13.1 Å². The molecule has 1 atom stereocenters. The first kappa shape index (κ1) is 18.0. The van der Waals surface area contributed by atoms with Crippen molar-refractivity contribution in [2.45, 2.75) is 24.2 Å². The van der Waals surface area contributed by atoms with Crippen molar-refractivity contribution in [3.63, 3.8) is 0 Å². The van der Waals surface area contributed by atoms with Gasteiger partial charge in [-0.05, 0) is 48.2 Å². The van der Waals surface area contributed by atoms with Gasteiger partial charge in [-0.15, -0.1) is 0 Å². The fourth-order valence-corrected chi connectivity index (χ4v) is 4.01. The normalized spacial score (nSPS) is 15.0. The number of hydrogen-bond acceptors (Lipinski definition) is 4. The van der Waals surface area contributed by atoms with Crippen molar-refractivity contribution in [1.29, 1.82) is 0 Å². The molecule has 1 N–H and O–H groups in total. The SMILES string of the molecule is CC(CCNS(=O)(=O)c1cccc(Cl)c1)c1ccc2c(c1)OCCO2. The molecule has 25 heavy (non-hydrogen) atoms. The van der Waals surface area contributed by atoms with Gasteiger partial charge < -0.3 is 9.47 Å². The third kappa shape index (κ3) is 4.45. The zero-order chi connectivity index (χ0) is 17.9. The number of ether oxygens (including phenoxy) is 2. The van der Waals surface area contributed by atoms with E-state index in [0.717, 1.165) is 17.1 Å². The maximum atomic E-state index is 12.3. The van der Waals surface area contributed by atoms with Gasteiger partial charge in [-0.1, -0.05) is 30.7 Å². The van der Waals surface area contributed by atoms with Crippen LogP contribution in [0.5, 0.6) is 11.5 Å². The Labute approximate surface area is 153 Å². The Morgan fingerprint density at radius 3 is 2.64 bits per heavy atom. The largest absolute Gasteiger partial charge is 0.486 e. The van der Waals surface area contributed by atoms with Gasteiger partial charge in [-0.2, -0.15) is 0 Å². The molecule has 0 aliphatic carbocycles. The Morgan fingerprint density at radius 1 is 1.12 bits per heavy atom. The van der Waals surface area contributed by atoms with E-state index in [1.54, 1.807) is 12.1 Å². The van der Waals surface area contributed by atoms with Crippen molar-refractivity contribution >= 4 is 21.6 Å². The highest BCUT2D eigenvalue weighted by molar-refractivity contribution is 7.89. The molecule has 0 saturated heterocycles. The average Bonchev–Trinajstić information content (AvgIpc) is 2.61. The van der Waals surface area contributed by atoms with E-state index in [2.05, 4.69) is 11.6 Å². The molecule has 1 aliphatic rings. The van der Waals surface area contributed by atoms with Gasteiger partial charge in [0.05, 0.1) is 4.90 Å². The van der Waals surface area contributed by atoms with E-state index in [1.165, 1.54) is 12.1 Å². The van der Waals surface area contributed by atoms with E-state index in [1.807, 2.05) is 18.2 Å². The summed E-state index contributed by atoms with van der Waals surface area (Å²) in [4.78, 5) is 0.173. The second kappa shape index (κ2) is 7.64. The zero-order valence-corrected chi connectivity index (χ0v) is 15.4. The van der Waals surface area contributed by atoms with Crippen LogP contribution >= 0.6 is 11.6 Å². The molecular formula is C18H20ClNO4S. The van der Waals surface area contributed by atoms with E-state index in [-0.39, 0.29) is 10.8 Å². The van der Waals surface area contributed by atoms with Crippen molar-refractivity contribution in [3.8, 4) is 11.5 Å². The first-order chi connectivity index (χ1) is 12.0. The number of fused-ring (bicyclic) bond motifs is 1. The average molecular weight is 382 g/mol. The van der Waals surface area contributed by atoms with Crippen LogP contribution in [0.3, 0.4) is 0 Å². The van der Waals surface area contributed by atoms with Crippen LogP contribution in [0.1, 0.15) is 24.8 Å². The van der Waals surface area contributed by atoms with Crippen LogP contribution in [0, 0.1) is 0 Å². The van der Waals surface area contributed by atoms with E-state index >= 15 is 0 Å². The fraction of sp³-hybridized carbons (Fsp3) is 0.333. The topological polar surface area (TPSA) is 64.6 Å². The Bertz CT molecular complexity index is 854. The second-order valence-electron chi connectivity index (χ2n) is 5.95. The van der Waals surface area contributed by atoms with Gasteiger partial charge in [0.2, 0.25) is 10.0 Å². The molecule has 134 valence electrons. The number of hydrogen-bond donors (Lipinski definition) is 1. The third-order valence-electron chi connectivity index (χ3n) is 4.11. The Balaban J connectivity index is 1.60. The lowest BCUT2D eigenvalue weighted by atomic mass is 9.97. The van der Waals surface area contributed by atoms with E-state index < -0.39 is 10.0 Å². The number of rotatable bonds is 6. The number of halogens is 1. The summed E-state index contributed by atoms with van der Waals surface area (Å²) in [5.41, 5.74) is 1.09. The molecule has 1 aliphatic heterocycles. The quantitative estimate of drug-likeness (QED) is 0.830. The van der Waals surface area contributed by atoms with E-state index in [0.29, 0.717) is 31.2 Å². The molecule has 0 fully saturated rings. The Kier molecular flexibility index (Phi) is 5.51. The van der Waals surface area contributed by atoms with Crippen molar-refractivity contribution in [2.24, 2.45) is 0 Å². The lowest BCUT2D eigenvalue weighted by molar-refractivity contribution is 0.171.